The Balaban J connectivity index is 2.37. The number of amides is 1. The molecule has 2 saturated carbocycles. The SMILES string of the molecule is CCCNC(=O)C12CCC(C)(/C(=N/O)C1)C2(C)C. The van der Waals surface area contributed by atoms with Crippen molar-refractivity contribution in [2.75, 3.05) is 6.54 Å². The molecular weight excluding hydrogens is 228 g/mol. The van der Waals surface area contributed by atoms with Gasteiger partial charge in [0.2, 0.25) is 5.91 Å². The van der Waals surface area contributed by atoms with Gasteiger partial charge in [0.05, 0.1) is 11.1 Å². The molecule has 2 rings (SSSR count). The van der Waals surface area contributed by atoms with Crippen molar-refractivity contribution < 1.29 is 10.0 Å². The largest absolute Gasteiger partial charge is 0.411 e. The lowest BCUT2D eigenvalue weighted by atomic mass is 9.64. The van der Waals surface area contributed by atoms with Gasteiger partial charge in [0.1, 0.15) is 0 Å². The number of hydrogen-bond acceptors (Lipinski definition) is 3. The molecule has 0 saturated heterocycles. The first-order valence-electron chi connectivity index (χ1n) is 6.85. The van der Waals surface area contributed by atoms with Crippen molar-refractivity contribution in [3.63, 3.8) is 0 Å². The molecule has 0 aromatic heterocycles. The molecule has 0 spiro atoms. The summed E-state index contributed by atoms with van der Waals surface area (Å²) in [4.78, 5) is 12.6. The maximum Gasteiger partial charge on any atom is 0.227 e. The molecule has 2 atom stereocenters. The van der Waals surface area contributed by atoms with Crippen molar-refractivity contribution >= 4 is 11.6 Å². The van der Waals surface area contributed by atoms with Crippen LogP contribution in [-0.4, -0.2) is 23.4 Å². The lowest BCUT2D eigenvalue weighted by Crippen LogP contribution is -2.46. The molecule has 2 aliphatic rings. The predicted octanol–water partition coefficient (Wildman–Crippen LogP) is 2.56. The molecule has 0 radical (unpaired) electrons. The van der Waals surface area contributed by atoms with Gasteiger partial charge in [-0.15, -0.1) is 0 Å². The molecule has 0 aliphatic heterocycles. The summed E-state index contributed by atoms with van der Waals surface area (Å²) in [5.41, 5.74) is 0.105. The van der Waals surface area contributed by atoms with Gasteiger partial charge in [0, 0.05) is 18.4 Å². The number of nitrogens with one attached hydrogen (secondary N) is 1. The second kappa shape index (κ2) is 3.97. The summed E-state index contributed by atoms with van der Waals surface area (Å²) in [6, 6.07) is 0. The van der Waals surface area contributed by atoms with Crippen molar-refractivity contribution in [2.45, 2.75) is 53.4 Å². The van der Waals surface area contributed by atoms with Crippen molar-refractivity contribution in [1.82, 2.24) is 5.32 Å². The Morgan fingerprint density at radius 1 is 1.39 bits per heavy atom. The first kappa shape index (κ1) is 13.4. The van der Waals surface area contributed by atoms with Crippen LogP contribution >= 0.6 is 0 Å². The van der Waals surface area contributed by atoms with Gasteiger partial charge in [-0.05, 0) is 24.7 Å². The molecule has 2 fully saturated rings. The number of carbonyl (C=O) groups is 1. The third-order valence-corrected chi connectivity index (χ3v) is 5.82. The number of hydrogen-bond donors (Lipinski definition) is 2. The predicted molar refractivity (Wildman–Crippen MR) is 70.7 cm³/mol. The molecule has 2 unspecified atom stereocenters. The lowest BCUT2D eigenvalue weighted by Gasteiger charge is -2.39. The van der Waals surface area contributed by atoms with Crippen molar-refractivity contribution in [3.8, 4) is 0 Å². The number of fused-ring (bicyclic) bond motifs is 2. The van der Waals surface area contributed by atoms with Crippen LogP contribution in [0.1, 0.15) is 53.4 Å². The van der Waals surface area contributed by atoms with E-state index in [2.05, 4.69) is 38.2 Å². The van der Waals surface area contributed by atoms with Gasteiger partial charge >= 0.3 is 0 Å². The van der Waals surface area contributed by atoms with Gasteiger partial charge in [-0.1, -0.05) is 32.9 Å². The maximum absolute atomic E-state index is 12.6. The van der Waals surface area contributed by atoms with Crippen LogP contribution < -0.4 is 5.32 Å². The first-order valence-corrected chi connectivity index (χ1v) is 6.85. The summed E-state index contributed by atoms with van der Waals surface area (Å²) in [7, 11) is 0. The Morgan fingerprint density at radius 3 is 2.56 bits per heavy atom. The molecule has 2 N–H and O–H groups in total. The van der Waals surface area contributed by atoms with Gasteiger partial charge in [-0.3, -0.25) is 4.79 Å². The monoisotopic (exact) mass is 252 g/mol. The zero-order valence-electron chi connectivity index (χ0n) is 11.8. The van der Waals surface area contributed by atoms with E-state index in [4.69, 9.17) is 0 Å². The molecular formula is C14H24N2O2. The van der Waals surface area contributed by atoms with Crippen LogP contribution in [0, 0.1) is 16.2 Å². The summed E-state index contributed by atoms with van der Waals surface area (Å²) < 4.78 is 0. The van der Waals surface area contributed by atoms with E-state index < -0.39 is 5.41 Å². The third kappa shape index (κ3) is 1.32. The van der Waals surface area contributed by atoms with Gasteiger partial charge in [0.15, 0.2) is 0 Å². The third-order valence-electron chi connectivity index (χ3n) is 5.82. The van der Waals surface area contributed by atoms with Crippen LogP contribution in [-0.2, 0) is 4.79 Å². The first-order chi connectivity index (χ1) is 8.35. The van der Waals surface area contributed by atoms with Crippen molar-refractivity contribution in [2.24, 2.45) is 21.4 Å². The Bertz CT molecular complexity index is 403. The second-order valence-electron chi connectivity index (χ2n) is 6.52. The zero-order valence-corrected chi connectivity index (χ0v) is 11.8. The Labute approximate surface area is 109 Å². The van der Waals surface area contributed by atoms with E-state index in [1.54, 1.807) is 0 Å². The highest BCUT2D eigenvalue weighted by Gasteiger charge is 2.71. The van der Waals surface area contributed by atoms with Crippen LogP contribution in [0.15, 0.2) is 5.16 Å². The standard InChI is InChI=1S/C14H24N2O2/c1-5-8-15-11(17)14-7-6-13(4,12(14,2)3)10(9-14)16-18/h18H,5-9H2,1-4H3,(H,15,17)/b16-10+. The van der Waals surface area contributed by atoms with Crippen molar-refractivity contribution in [1.29, 1.82) is 0 Å². The van der Waals surface area contributed by atoms with Gasteiger partial charge in [0.25, 0.3) is 0 Å². The number of carbonyl (C=O) groups excluding carboxylic acids is 1. The number of nitrogens with zero attached hydrogens (tertiary/aromatic N) is 1. The highest BCUT2D eigenvalue weighted by Crippen LogP contribution is 2.70. The average molecular weight is 252 g/mol. The van der Waals surface area contributed by atoms with Gasteiger partial charge in [-0.25, -0.2) is 0 Å². The van der Waals surface area contributed by atoms with Crippen LogP contribution in [0.4, 0.5) is 0 Å². The summed E-state index contributed by atoms with van der Waals surface area (Å²) in [5.74, 6) is 0.136. The van der Waals surface area contributed by atoms with E-state index in [9.17, 15) is 10.0 Å². The Kier molecular flexibility index (Phi) is 2.95. The van der Waals surface area contributed by atoms with Crippen molar-refractivity contribution in [3.05, 3.63) is 0 Å². The van der Waals surface area contributed by atoms with E-state index >= 15 is 0 Å². The smallest absolute Gasteiger partial charge is 0.227 e. The molecule has 0 heterocycles. The average Bonchev–Trinajstić information content (AvgIpc) is 2.65. The van der Waals surface area contributed by atoms with E-state index in [0.29, 0.717) is 6.42 Å². The second-order valence-corrected chi connectivity index (χ2v) is 6.52. The highest BCUT2D eigenvalue weighted by atomic mass is 16.4. The summed E-state index contributed by atoms with van der Waals surface area (Å²) >= 11 is 0. The lowest BCUT2D eigenvalue weighted by molar-refractivity contribution is -0.135. The zero-order chi connectivity index (χ0) is 13.6. The normalized spacial score (nSPS) is 39.2. The fourth-order valence-corrected chi connectivity index (χ4v) is 3.94. The van der Waals surface area contributed by atoms with Gasteiger partial charge < -0.3 is 10.5 Å². The van der Waals surface area contributed by atoms with Crippen LogP contribution in [0.3, 0.4) is 0 Å². The molecule has 102 valence electrons. The molecule has 2 aliphatic carbocycles. The number of oxime groups is 1. The molecule has 1 amide bonds. The van der Waals surface area contributed by atoms with E-state index in [1.807, 2.05) is 0 Å². The van der Waals surface area contributed by atoms with Crippen LogP contribution in [0.5, 0.6) is 0 Å². The minimum atomic E-state index is -0.390. The quantitative estimate of drug-likeness (QED) is 0.599. The van der Waals surface area contributed by atoms with Crippen LogP contribution in [0.2, 0.25) is 0 Å². The van der Waals surface area contributed by atoms with Gasteiger partial charge in [-0.2, -0.15) is 0 Å². The Hall–Kier alpha value is -1.06. The van der Waals surface area contributed by atoms with E-state index in [1.165, 1.54) is 0 Å². The summed E-state index contributed by atoms with van der Waals surface area (Å²) in [6.45, 7) is 9.19. The van der Waals surface area contributed by atoms with Crippen LogP contribution in [0.25, 0.3) is 0 Å². The fraction of sp³-hybridized carbons (Fsp3) is 0.857. The molecule has 18 heavy (non-hydrogen) atoms. The minimum absolute atomic E-state index is 0.136. The molecule has 2 bridgehead atoms. The topological polar surface area (TPSA) is 61.7 Å². The molecule has 0 aromatic rings. The van der Waals surface area contributed by atoms with E-state index in [-0.39, 0.29) is 16.7 Å². The minimum Gasteiger partial charge on any atom is -0.411 e. The highest BCUT2D eigenvalue weighted by molar-refractivity contribution is 6.02. The summed E-state index contributed by atoms with van der Waals surface area (Å²) in [5, 5.41) is 15.7. The molecule has 0 aromatic carbocycles. The maximum atomic E-state index is 12.6. The fourth-order valence-electron chi connectivity index (χ4n) is 3.94. The number of rotatable bonds is 3. The molecule has 4 heteroatoms. The molecule has 4 nitrogen and oxygen atoms in total. The Morgan fingerprint density at radius 2 is 2.06 bits per heavy atom. The van der Waals surface area contributed by atoms with E-state index in [0.717, 1.165) is 31.5 Å². The summed E-state index contributed by atoms with van der Waals surface area (Å²) in [6.07, 6.45) is 3.37.